The topological polar surface area (TPSA) is 61.2 Å². The van der Waals surface area contributed by atoms with Crippen molar-refractivity contribution >= 4 is 43.4 Å². The number of aromatic nitrogens is 2. The lowest BCUT2D eigenvalue weighted by atomic mass is 10.0. The molecule has 0 aliphatic rings. The molecular formula is C21H14BrFN2O3. The predicted octanol–water partition coefficient (Wildman–Crippen LogP) is 4.34. The van der Waals surface area contributed by atoms with Crippen molar-refractivity contribution in [1.82, 2.24) is 9.55 Å². The van der Waals surface area contributed by atoms with Crippen molar-refractivity contribution < 1.29 is 13.9 Å². The molecule has 0 amide bonds. The second-order valence-corrected chi connectivity index (χ2v) is 7.11. The number of fused-ring (bicyclic) bond motifs is 2. The lowest BCUT2D eigenvalue weighted by Gasteiger charge is -2.12. The molecule has 5 nitrogen and oxygen atoms in total. The van der Waals surface area contributed by atoms with Crippen LogP contribution in [0.5, 0.6) is 5.75 Å². The van der Waals surface area contributed by atoms with Crippen LogP contribution in [0.3, 0.4) is 0 Å². The summed E-state index contributed by atoms with van der Waals surface area (Å²) in [7, 11) is 1.50. The van der Waals surface area contributed by atoms with Gasteiger partial charge in [-0.15, -0.1) is 0 Å². The molecule has 1 aromatic heterocycles. The second-order valence-electron chi connectivity index (χ2n) is 6.25. The maximum Gasteiger partial charge on any atom is 0.261 e. The van der Waals surface area contributed by atoms with Crippen molar-refractivity contribution in [3.8, 4) is 5.75 Å². The third-order valence-electron chi connectivity index (χ3n) is 4.54. The molecule has 28 heavy (non-hydrogen) atoms. The maximum atomic E-state index is 13.7. The van der Waals surface area contributed by atoms with E-state index in [2.05, 4.69) is 20.9 Å². The van der Waals surface area contributed by atoms with Crippen LogP contribution in [0.1, 0.15) is 10.4 Å². The number of carbonyl (C=O) groups is 1. The van der Waals surface area contributed by atoms with Gasteiger partial charge in [-0.25, -0.2) is 9.37 Å². The molecule has 0 N–H and O–H groups in total. The Morgan fingerprint density at radius 2 is 1.96 bits per heavy atom. The Balaban J connectivity index is 1.78. The van der Waals surface area contributed by atoms with Gasteiger partial charge in [-0.1, -0.05) is 30.3 Å². The minimum Gasteiger partial charge on any atom is -0.495 e. The highest BCUT2D eigenvalue weighted by Crippen LogP contribution is 2.30. The number of hydrogen-bond donors (Lipinski definition) is 0. The van der Waals surface area contributed by atoms with Gasteiger partial charge in [-0.05, 0) is 39.5 Å². The van der Waals surface area contributed by atoms with Gasteiger partial charge in [0.25, 0.3) is 5.56 Å². The molecule has 0 unspecified atom stereocenters. The molecule has 0 saturated carbocycles. The minimum absolute atomic E-state index is 0.104. The Bertz CT molecular complexity index is 1300. The van der Waals surface area contributed by atoms with E-state index in [4.69, 9.17) is 4.74 Å². The molecule has 4 aromatic rings. The number of rotatable bonds is 4. The summed E-state index contributed by atoms with van der Waals surface area (Å²) in [6, 6.07) is 13.4. The average Bonchev–Trinajstić information content (AvgIpc) is 2.69. The zero-order valence-electron chi connectivity index (χ0n) is 14.8. The first-order valence-electron chi connectivity index (χ1n) is 8.42. The Morgan fingerprint density at radius 3 is 2.75 bits per heavy atom. The molecule has 0 aliphatic carbocycles. The highest BCUT2D eigenvalue weighted by atomic mass is 79.9. The quantitative estimate of drug-likeness (QED) is 0.442. The Kier molecular flexibility index (Phi) is 4.68. The SMILES string of the molecule is COc1c(C(=O)Cn2cnc3c(Br)cc(F)cc3c2=O)ccc2ccccc12. The van der Waals surface area contributed by atoms with E-state index in [1.807, 2.05) is 30.3 Å². The normalized spacial score (nSPS) is 11.1. The van der Waals surface area contributed by atoms with Crippen LogP contribution in [0, 0.1) is 5.82 Å². The highest BCUT2D eigenvalue weighted by molar-refractivity contribution is 9.10. The summed E-state index contributed by atoms with van der Waals surface area (Å²) in [5, 5.41) is 1.86. The van der Waals surface area contributed by atoms with Crippen molar-refractivity contribution in [3.05, 3.63) is 81.1 Å². The first-order chi connectivity index (χ1) is 13.5. The molecule has 0 aliphatic heterocycles. The molecule has 3 aromatic carbocycles. The van der Waals surface area contributed by atoms with Gasteiger partial charge in [0, 0.05) is 9.86 Å². The monoisotopic (exact) mass is 440 g/mol. The van der Waals surface area contributed by atoms with Crippen molar-refractivity contribution in [2.45, 2.75) is 6.54 Å². The van der Waals surface area contributed by atoms with Gasteiger partial charge in [-0.2, -0.15) is 0 Å². The van der Waals surface area contributed by atoms with Crippen LogP contribution < -0.4 is 10.3 Å². The highest BCUT2D eigenvalue weighted by Gasteiger charge is 2.17. The predicted molar refractivity (Wildman–Crippen MR) is 108 cm³/mol. The molecule has 0 radical (unpaired) electrons. The van der Waals surface area contributed by atoms with Crippen LogP contribution in [0.4, 0.5) is 4.39 Å². The molecule has 0 spiro atoms. The van der Waals surface area contributed by atoms with Gasteiger partial charge in [-0.3, -0.25) is 14.2 Å². The van der Waals surface area contributed by atoms with E-state index in [0.717, 1.165) is 16.8 Å². The van der Waals surface area contributed by atoms with E-state index in [0.29, 0.717) is 21.3 Å². The molecule has 4 rings (SSSR count). The van der Waals surface area contributed by atoms with Crippen molar-refractivity contribution in [3.63, 3.8) is 0 Å². The smallest absolute Gasteiger partial charge is 0.261 e. The Hall–Kier alpha value is -3.06. The first-order valence-corrected chi connectivity index (χ1v) is 9.22. The van der Waals surface area contributed by atoms with Crippen molar-refractivity contribution in [2.24, 2.45) is 0 Å². The molecule has 0 atom stereocenters. The molecule has 0 bridgehead atoms. The fourth-order valence-corrected chi connectivity index (χ4v) is 3.76. The first kappa shape index (κ1) is 18.3. The van der Waals surface area contributed by atoms with Crippen molar-refractivity contribution in [2.75, 3.05) is 7.11 Å². The van der Waals surface area contributed by atoms with Crippen LogP contribution in [-0.4, -0.2) is 22.4 Å². The van der Waals surface area contributed by atoms with Gasteiger partial charge in [0.15, 0.2) is 5.78 Å². The van der Waals surface area contributed by atoms with E-state index >= 15 is 0 Å². The molecule has 140 valence electrons. The Morgan fingerprint density at radius 1 is 1.18 bits per heavy atom. The maximum absolute atomic E-state index is 13.7. The summed E-state index contributed by atoms with van der Waals surface area (Å²) in [5.74, 6) is -0.404. The summed E-state index contributed by atoms with van der Waals surface area (Å²) in [4.78, 5) is 29.8. The van der Waals surface area contributed by atoms with Gasteiger partial charge < -0.3 is 4.74 Å². The lowest BCUT2D eigenvalue weighted by molar-refractivity contribution is 0.0968. The number of halogens is 2. The summed E-state index contributed by atoms with van der Waals surface area (Å²) in [5.41, 5.74) is 0.227. The number of ketones is 1. The van der Waals surface area contributed by atoms with Crippen molar-refractivity contribution in [1.29, 1.82) is 0 Å². The zero-order valence-corrected chi connectivity index (χ0v) is 16.4. The number of nitrogens with zero attached hydrogens (tertiary/aromatic N) is 2. The number of Topliss-reactive ketones (excluding diaryl/α,β-unsaturated/α-hetero) is 1. The molecule has 1 heterocycles. The summed E-state index contributed by atoms with van der Waals surface area (Å²) < 4.78 is 20.7. The van der Waals surface area contributed by atoms with Gasteiger partial charge in [0.05, 0.1) is 36.4 Å². The number of carbonyl (C=O) groups excluding carboxylic acids is 1. The standard InChI is InChI=1S/C21H14BrFN2O3/c1-28-20-14-5-3-2-4-12(14)6-7-15(20)18(26)10-25-11-24-19-16(21(25)27)8-13(23)9-17(19)22/h2-9,11H,10H2,1H3. The minimum atomic E-state index is -0.557. The van der Waals surface area contributed by atoms with Gasteiger partial charge in [0.2, 0.25) is 0 Å². The third-order valence-corrected chi connectivity index (χ3v) is 5.15. The fraction of sp³-hybridized carbons (Fsp3) is 0.0952. The second kappa shape index (κ2) is 7.16. The zero-order chi connectivity index (χ0) is 19.8. The summed E-state index contributed by atoms with van der Waals surface area (Å²) >= 11 is 3.20. The fourth-order valence-electron chi connectivity index (χ4n) is 3.23. The van der Waals surface area contributed by atoms with E-state index < -0.39 is 11.4 Å². The molecule has 0 fully saturated rings. The van der Waals surface area contributed by atoms with E-state index in [1.54, 1.807) is 6.07 Å². The number of hydrogen-bond acceptors (Lipinski definition) is 4. The number of benzene rings is 3. The number of methoxy groups -OCH3 is 1. The van der Waals surface area contributed by atoms with Crippen LogP contribution >= 0.6 is 15.9 Å². The summed E-state index contributed by atoms with van der Waals surface area (Å²) in [6.07, 6.45) is 1.29. The van der Waals surface area contributed by atoms with Gasteiger partial charge >= 0.3 is 0 Å². The van der Waals surface area contributed by atoms with Gasteiger partial charge in [0.1, 0.15) is 11.6 Å². The van der Waals surface area contributed by atoms with Crippen LogP contribution in [0.2, 0.25) is 0 Å². The van der Waals surface area contributed by atoms with Crippen LogP contribution in [0.15, 0.2) is 64.1 Å². The van der Waals surface area contributed by atoms with E-state index in [-0.39, 0.29) is 17.7 Å². The molecular weight excluding hydrogens is 427 g/mol. The largest absolute Gasteiger partial charge is 0.495 e. The lowest BCUT2D eigenvalue weighted by Crippen LogP contribution is -2.25. The van der Waals surface area contributed by atoms with E-state index in [1.165, 1.54) is 24.1 Å². The molecule has 0 saturated heterocycles. The van der Waals surface area contributed by atoms with E-state index in [9.17, 15) is 14.0 Å². The van der Waals surface area contributed by atoms with Crippen LogP contribution in [0.25, 0.3) is 21.7 Å². The Labute approximate surface area is 167 Å². The average molecular weight is 441 g/mol. The number of ether oxygens (including phenoxy) is 1. The third kappa shape index (κ3) is 3.07. The molecule has 7 heteroatoms. The summed E-state index contributed by atoms with van der Waals surface area (Å²) in [6.45, 7) is -0.232. The van der Waals surface area contributed by atoms with Crippen LogP contribution in [-0.2, 0) is 6.54 Å².